The van der Waals surface area contributed by atoms with Crippen molar-refractivity contribution in [1.29, 1.82) is 0 Å². The molecule has 2 fully saturated rings. The molecule has 4 aromatic rings. The predicted octanol–water partition coefficient (Wildman–Crippen LogP) is 5.82. The summed E-state index contributed by atoms with van der Waals surface area (Å²) in [5.74, 6) is 0.0781. The number of halogens is 2. The molecule has 5 heterocycles. The molecular weight excluding hydrogens is 625 g/mol. The van der Waals surface area contributed by atoms with Gasteiger partial charge in [-0.05, 0) is 57.3 Å². The van der Waals surface area contributed by atoms with E-state index in [0.717, 1.165) is 70.9 Å². The van der Waals surface area contributed by atoms with Crippen molar-refractivity contribution in [1.82, 2.24) is 24.8 Å². The zero-order valence-corrected chi connectivity index (χ0v) is 27.6. The van der Waals surface area contributed by atoms with E-state index in [9.17, 15) is 9.18 Å². The van der Waals surface area contributed by atoms with Gasteiger partial charge < -0.3 is 24.3 Å². The lowest BCUT2D eigenvalue weighted by molar-refractivity contribution is -0.106. The number of anilines is 2. The van der Waals surface area contributed by atoms with Gasteiger partial charge >= 0.3 is 6.01 Å². The second-order valence-corrected chi connectivity index (χ2v) is 13.6. The smallest absolute Gasteiger partial charge is 0.318 e. The number of likely N-dealkylation sites (N-methyl/N-ethyl adjacent to an activating group) is 1. The number of aromatic nitrogens is 3. The Labute approximate surface area is 277 Å². The Morgan fingerprint density at radius 2 is 2.00 bits per heavy atom. The summed E-state index contributed by atoms with van der Waals surface area (Å²) in [6.07, 6.45) is 4.91. The average molecular weight is 662 g/mol. The van der Waals surface area contributed by atoms with Crippen molar-refractivity contribution in [3.63, 3.8) is 0 Å². The van der Waals surface area contributed by atoms with Gasteiger partial charge in [0.1, 0.15) is 23.1 Å². The minimum Gasteiger partial charge on any atom is -0.462 e. The molecule has 240 valence electrons. The molecule has 2 aromatic heterocycles. The Hall–Kier alpha value is -3.80. The number of carbonyl (C=O) groups is 1. The molecule has 0 spiro atoms. The number of rotatable bonds is 8. The van der Waals surface area contributed by atoms with Gasteiger partial charge in [-0.25, -0.2) is 9.37 Å². The molecule has 0 radical (unpaired) electrons. The predicted molar refractivity (Wildman–Crippen MR) is 181 cm³/mol. The number of aldehydes is 1. The number of hydrogen-bond donors (Lipinski definition) is 0. The van der Waals surface area contributed by atoms with Crippen molar-refractivity contribution in [3.8, 4) is 6.01 Å². The number of allylic oxidation sites excluding steroid dienone is 1. The summed E-state index contributed by atoms with van der Waals surface area (Å²) in [4.78, 5) is 34.7. The van der Waals surface area contributed by atoms with Crippen LogP contribution >= 0.6 is 22.9 Å². The number of fused-ring (bicyclic) bond motifs is 2. The minimum absolute atomic E-state index is 0.0223. The summed E-state index contributed by atoms with van der Waals surface area (Å²) in [6.45, 7) is 6.73. The number of nitrogens with zero attached hydrogens (tertiary/aromatic N) is 7. The van der Waals surface area contributed by atoms with Gasteiger partial charge in [0.25, 0.3) is 0 Å². The van der Waals surface area contributed by atoms with Gasteiger partial charge in [-0.3, -0.25) is 4.79 Å². The summed E-state index contributed by atoms with van der Waals surface area (Å²) in [7, 11) is 2.14. The zero-order valence-electron chi connectivity index (χ0n) is 26.0. The largest absolute Gasteiger partial charge is 0.462 e. The third-order valence-electron chi connectivity index (χ3n) is 9.45. The monoisotopic (exact) mass is 661 g/mol. The van der Waals surface area contributed by atoms with Crippen molar-refractivity contribution < 1.29 is 13.9 Å². The molecule has 0 aliphatic carbocycles. The molecule has 3 aliphatic heterocycles. The van der Waals surface area contributed by atoms with Crippen LogP contribution in [0, 0.1) is 0 Å². The Morgan fingerprint density at radius 1 is 1.15 bits per heavy atom. The van der Waals surface area contributed by atoms with Crippen LogP contribution in [0.25, 0.3) is 16.5 Å². The molecule has 0 amide bonds. The molecule has 7 rings (SSSR count). The lowest BCUT2D eigenvalue weighted by Gasteiger charge is -2.43. The molecule has 0 saturated carbocycles. The fourth-order valence-electron chi connectivity index (χ4n) is 7.06. The quantitative estimate of drug-likeness (QED) is 0.171. The molecule has 2 aromatic carbocycles. The number of piperazine rings is 1. The van der Waals surface area contributed by atoms with E-state index in [1.807, 2.05) is 17.0 Å². The average Bonchev–Trinajstić information content (AvgIpc) is 3.75. The molecule has 0 bridgehead atoms. The van der Waals surface area contributed by atoms with Gasteiger partial charge in [0.2, 0.25) is 0 Å². The second-order valence-electron chi connectivity index (χ2n) is 12.3. The zero-order chi connectivity index (χ0) is 31.8. The van der Waals surface area contributed by atoms with Crippen molar-refractivity contribution >= 4 is 57.2 Å². The summed E-state index contributed by atoms with van der Waals surface area (Å²) >= 11 is 8.05. The topological polar surface area (TPSA) is 77.9 Å². The van der Waals surface area contributed by atoms with Crippen LogP contribution in [0.1, 0.15) is 36.0 Å². The van der Waals surface area contributed by atoms with Gasteiger partial charge in [-0.2, -0.15) is 9.97 Å². The third kappa shape index (κ3) is 5.91. The highest BCUT2D eigenvalue weighted by atomic mass is 35.5. The Balaban J connectivity index is 1.21. The van der Waals surface area contributed by atoms with Crippen LogP contribution in [-0.2, 0) is 17.8 Å². The molecule has 12 heteroatoms. The number of carbonyl (C=O) groups excluding carboxylic acids is 1. The first-order chi connectivity index (χ1) is 22.4. The molecule has 2 saturated heterocycles. The van der Waals surface area contributed by atoms with Gasteiger partial charge in [-0.15, -0.1) is 11.3 Å². The van der Waals surface area contributed by atoms with Gasteiger partial charge in [0.15, 0.2) is 12.1 Å². The molecule has 9 nitrogen and oxygen atoms in total. The fourth-order valence-corrected chi connectivity index (χ4v) is 8.05. The van der Waals surface area contributed by atoms with Crippen LogP contribution in [-0.4, -0.2) is 89.5 Å². The van der Waals surface area contributed by atoms with E-state index in [4.69, 9.17) is 26.3 Å². The first-order valence-corrected chi connectivity index (χ1v) is 17.1. The van der Waals surface area contributed by atoms with E-state index in [1.165, 1.54) is 11.3 Å². The second kappa shape index (κ2) is 13.1. The molecule has 2 atom stereocenters. The standard InChI is InChI=1S/C34H37ClFN7O2S/c1-22-18-42(31(27(36)20-44)33-37-12-17-46-33)15-16-43(22)32-25-11-14-41(29-10-4-7-23-6-3-9-26(35)30(23)29)19-28(25)38-34(39-32)45-21-24-8-5-13-40(24)2/h3-4,6-7,9-10,12,17,20,22,24H,5,8,11,13-16,18-19,21H2,1-2H3/b31-27-/t22-,24-/m0/s1. The highest BCUT2D eigenvalue weighted by Gasteiger charge is 2.34. The van der Waals surface area contributed by atoms with Crippen molar-refractivity contribution in [2.75, 3.05) is 56.2 Å². The highest BCUT2D eigenvalue weighted by Crippen LogP contribution is 2.38. The lowest BCUT2D eigenvalue weighted by atomic mass is 10.0. The molecule has 0 N–H and O–H groups in total. The number of thiazole rings is 1. The van der Waals surface area contributed by atoms with E-state index < -0.39 is 5.83 Å². The van der Waals surface area contributed by atoms with Crippen molar-refractivity contribution in [3.05, 3.63) is 75.1 Å². The summed E-state index contributed by atoms with van der Waals surface area (Å²) in [5.41, 5.74) is 3.41. The Morgan fingerprint density at radius 3 is 2.74 bits per heavy atom. The van der Waals surface area contributed by atoms with Crippen molar-refractivity contribution in [2.45, 2.75) is 44.8 Å². The van der Waals surface area contributed by atoms with E-state index in [0.29, 0.717) is 49.8 Å². The molecule has 0 unspecified atom stereocenters. The summed E-state index contributed by atoms with van der Waals surface area (Å²) < 4.78 is 21.2. The Kier molecular flexibility index (Phi) is 8.80. The lowest BCUT2D eigenvalue weighted by Crippen LogP contribution is -2.52. The van der Waals surface area contributed by atoms with Gasteiger partial charge in [0.05, 0.1) is 17.3 Å². The molecular formula is C34H37ClFN7O2S. The maximum Gasteiger partial charge on any atom is 0.318 e. The van der Waals surface area contributed by atoms with Crippen LogP contribution < -0.4 is 14.5 Å². The van der Waals surface area contributed by atoms with E-state index >= 15 is 0 Å². The number of hydrogen-bond acceptors (Lipinski definition) is 10. The van der Waals surface area contributed by atoms with Gasteiger partial charge in [0, 0.05) is 66.5 Å². The van der Waals surface area contributed by atoms with E-state index in [2.05, 4.69) is 57.9 Å². The molecule has 3 aliphatic rings. The van der Waals surface area contributed by atoms with Crippen molar-refractivity contribution in [2.24, 2.45) is 0 Å². The maximum absolute atomic E-state index is 14.9. The Bertz CT molecular complexity index is 1760. The first-order valence-electron chi connectivity index (χ1n) is 15.8. The number of likely N-dealkylation sites (tertiary alicyclic amines) is 1. The third-order valence-corrected chi connectivity index (χ3v) is 10.5. The van der Waals surface area contributed by atoms with Crippen LogP contribution in [0.5, 0.6) is 6.01 Å². The number of ether oxygens (including phenoxy) is 1. The minimum atomic E-state index is -0.795. The van der Waals surface area contributed by atoms with Crippen LogP contribution in [0.15, 0.2) is 53.8 Å². The maximum atomic E-state index is 14.9. The summed E-state index contributed by atoms with van der Waals surface area (Å²) in [5, 5.41) is 5.18. The summed E-state index contributed by atoms with van der Waals surface area (Å²) in [6, 6.07) is 13.0. The fraction of sp³-hybridized carbons (Fsp3) is 0.412. The van der Waals surface area contributed by atoms with Crippen LogP contribution in [0.3, 0.4) is 0 Å². The SMILES string of the molecule is C[C@H]1CN(/C(=C(\F)C=O)c2nccs2)CCN1c1nc(OC[C@@H]2CCCN2C)nc2c1CCN(c1cccc3cccc(Cl)c13)C2. The van der Waals surface area contributed by atoms with Crippen LogP contribution in [0.4, 0.5) is 15.9 Å². The van der Waals surface area contributed by atoms with Crippen LogP contribution in [0.2, 0.25) is 5.02 Å². The highest BCUT2D eigenvalue weighted by molar-refractivity contribution is 7.10. The number of benzene rings is 2. The normalized spacial score (nSPS) is 21.0. The van der Waals surface area contributed by atoms with Gasteiger partial charge in [-0.1, -0.05) is 35.9 Å². The van der Waals surface area contributed by atoms with E-state index in [1.54, 1.807) is 11.6 Å². The molecule has 46 heavy (non-hydrogen) atoms. The van der Waals surface area contributed by atoms with E-state index in [-0.39, 0.29) is 18.0 Å². The first kappa shape index (κ1) is 30.8.